The second-order valence-corrected chi connectivity index (χ2v) is 17.0. The molecule has 0 saturated carbocycles. The third-order valence-electron chi connectivity index (χ3n) is 10.1. The summed E-state index contributed by atoms with van der Waals surface area (Å²) in [5.74, 6) is -9.34. The zero-order valence-corrected chi connectivity index (χ0v) is 40.2. The van der Waals surface area contributed by atoms with Crippen molar-refractivity contribution in [3.8, 4) is 0 Å². The summed E-state index contributed by atoms with van der Waals surface area (Å²) in [6, 6.07) is 8.52. The van der Waals surface area contributed by atoms with Gasteiger partial charge in [-0.1, -0.05) is 54.0 Å². The summed E-state index contributed by atoms with van der Waals surface area (Å²) in [5.41, 5.74) is 12.1. The number of carboxylic acid groups (broad SMARTS) is 2. The van der Waals surface area contributed by atoms with E-state index in [1.54, 1.807) is 42.5 Å². The molecular formula is C44H59IN12O13. The van der Waals surface area contributed by atoms with Gasteiger partial charge in [0.25, 0.3) is 5.91 Å². The lowest BCUT2D eigenvalue weighted by Crippen LogP contribution is -2.58. The van der Waals surface area contributed by atoms with E-state index in [1.807, 2.05) is 12.1 Å². The molecule has 380 valence electrons. The number of amides is 8. The van der Waals surface area contributed by atoms with Crippen LogP contribution in [0.4, 0.5) is 0 Å². The molecule has 1 aliphatic heterocycles. The van der Waals surface area contributed by atoms with Crippen molar-refractivity contribution >= 4 is 94.0 Å². The van der Waals surface area contributed by atoms with Crippen molar-refractivity contribution in [2.45, 2.75) is 94.4 Å². The summed E-state index contributed by atoms with van der Waals surface area (Å²) in [6.07, 6.45) is 1.07. The van der Waals surface area contributed by atoms with Crippen LogP contribution >= 0.6 is 22.6 Å². The fraction of sp³-hybridized carbons (Fsp3) is 0.455. The molecule has 2 aromatic carbocycles. The summed E-state index contributed by atoms with van der Waals surface area (Å²) in [5, 5.41) is 42.4. The Morgan fingerprint density at radius 3 is 2.07 bits per heavy atom. The maximum atomic E-state index is 14.0. The Morgan fingerprint density at radius 2 is 1.40 bits per heavy atom. The van der Waals surface area contributed by atoms with Crippen LogP contribution in [0.15, 0.2) is 64.7 Å². The fourth-order valence-corrected chi connectivity index (χ4v) is 6.85. The molecule has 8 amide bonds. The Balaban J connectivity index is 1.59. The van der Waals surface area contributed by atoms with Crippen LogP contribution in [-0.2, 0) is 59.2 Å². The predicted octanol–water partition coefficient (Wildman–Crippen LogP) is -2.38. The number of carboxylic acids is 2. The van der Waals surface area contributed by atoms with Crippen molar-refractivity contribution in [2.24, 2.45) is 21.6 Å². The van der Waals surface area contributed by atoms with Gasteiger partial charge in [0.15, 0.2) is 12.6 Å². The third-order valence-corrected chi connectivity index (χ3v) is 10.8. The lowest BCUT2D eigenvalue weighted by molar-refractivity contribution is -0.142. The normalized spacial score (nSPS) is 18.2. The highest BCUT2D eigenvalue weighted by molar-refractivity contribution is 14.1. The van der Waals surface area contributed by atoms with Gasteiger partial charge in [-0.2, -0.15) is 0 Å². The molecule has 0 bridgehead atoms. The number of unbranched alkanes of at least 4 members (excludes halogenated alkanes) is 2. The van der Waals surface area contributed by atoms with Crippen molar-refractivity contribution < 1.29 is 63.0 Å². The van der Waals surface area contributed by atoms with E-state index in [1.165, 1.54) is 6.21 Å². The largest absolute Gasteiger partial charge is 0.481 e. The second-order valence-electron chi connectivity index (χ2n) is 15.8. The van der Waals surface area contributed by atoms with Crippen LogP contribution in [0.25, 0.3) is 0 Å². The van der Waals surface area contributed by atoms with E-state index < -0.39 is 116 Å². The van der Waals surface area contributed by atoms with E-state index in [9.17, 15) is 58.2 Å². The first kappa shape index (κ1) is 56.9. The van der Waals surface area contributed by atoms with Crippen LogP contribution in [0.2, 0.25) is 0 Å². The SMILES string of the molecule is NC(N)=NCCC[C@@H]1NC(=O)[C@H](CCC(=O)NCCCCCC(=O)N[C@@H](CNC(=O)CO/N=C/c2ccc(I)cc2)C(=O)O)NC(=O)[C@@H](Cc2ccccc2)NC(=O)[C@H](CC(=O)O)NC(=O)CNC1=O. The minimum Gasteiger partial charge on any atom is -0.481 e. The average Bonchev–Trinajstić information content (AvgIpc) is 3.31. The standard InChI is InChI=1S/C44H59IN12O13/c45-28-14-12-27(13-15-28)22-52-70-25-37(61)50-23-33(43(68)69)54-35(59)11-5-2-6-18-48-34(58)17-16-30-40(65)55-29(10-7-19-49-44(46)47)39(64)51-24-36(60)53-32(21-38(62)63)42(67)57-31(41(66)56-30)20-26-8-3-1-4-9-26/h1,3-4,8-9,12-15,22,29-33H,2,5-7,10-11,16-21,23-25H2,(H,48,58)(H,50,61)(H,51,64)(H,53,60)(H,54,59)(H,55,65)(H,56,66)(H,57,67)(H,62,63)(H,68,69)(H4,46,47,49)/b52-22+/t29-,30-,31+,32-,33-/m0/s1. The van der Waals surface area contributed by atoms with E-state index in [0.717, 1.165) is 9.13 Å². The smallest absolute Gasteiger partial charge is 0.328 e. The summed E-state index contributed by atoms with van der Waals surface area (Å²) in [7, 11) is 0. The highest BCUT2D eigenvalue weighted by atomic mass is 127. The van der Waals surface area contributed by atoms with Gasteiger partial charge >= 0.3 is 11.9 Å². The van der Waals surface area contributed by atoms with Gasteiger partial charge in [-0.15, -0.1) is 0 Å². The summed E-state index contributed by atoms with van der Waals surface area (Å²) >= 11 is 2.15. The molecule has 5 atom stereocenters. The minimum absolute atomic E-state index is 0.0442. The molecule has 2 aromatic rings. The second kappa shape index (κ2) is 30.9. The van der Waals surface area contributed by atoms with Gasteiger partial charge < -0.3 is 69.1 Å². The molecule has 0 unspecified atom stereocenters. The van der Waals surface area contributed by atoms with Crippen molar-refractivity contribution in [2.75, 3.05) is 32.8 Å². The number of hydrogen-bond acceptors (Lipinski definition) is 13. The number of nitrogens with zero attached hydrogens (tertiary/aromatic N) is 2. The van der Waals surface area contributed by atoms with Crippen LogP contribution in [0.5, 0.6) is 0 Å². The number of oxime groups is 1. The monoisotopic (exact) mass is 1090 g/mol. The summed E-state index contributed by atoms with van der Waals surface area (Å²) < 4.78 is 1.03. The molecule has 25 nitrogen and oxygen atoms in total. The van der Waals surface area contributed by atoms with Crippen LogP contribution in [0, 0.1) is 3.57 Å². The predicted molar refractivity (Wildman–Crippen MR) is 259 cm³/mol. The number of rotatable bonds is 25. The highest BCUT2D eigenvalue weighted by Crippen LogP contribution is 2.10. The number of aliphatic carboxylic acids is 2. The van der Waals surface area contributed by atoms with Gasteiger partial charge in [0.05, 0.1) is 19.2 Å². The Morgan fingerprint density at radius 1 is 0.743 bits per heavy atom. The maximum Gasteiger partial charge on any atom is 0.328 e. The van der Waals surface area contributed by atoms with E-state index >= 15 is 0 Å². The number of aliphatic imine (C=N–C) groups is 1. The summed E-state index contributed by atoms with van der Waals surface area (Å²) in [6.45, 7) is -1.37. The van der Waals surface area contributed by atoms with Crippen LogP contribution < -0.4 is 54.0 Å². The molecule has 26 heteroatoms. The molecule has 70 heavy (non-hydrogen) atoms. The number of halogens is 1. The number of carbonyl (C=O) groups is 10. The highest BCUT2D eigenvalue weighted by Gasteiger charge is 2.33. The molecule has 0 spiro atoms. The zero-order valence-electron chi connectivity index (χ0n) is 38.1. The van der Waals surface area contributed by atoms with Crippen molar-refractivity contribution in [1.29, 1.82) is 0 Å². The fourth-order valence-electron chi connectivity index (χ4n) is 6.49. The summed E-state index contributed by atoms with van der Waals surface area (Å²) in [4.78, 5) is 137. The number of carbonyl (C=O) groups excluding carboxylic acids is 8. The Bertz CT molecular complexity index is 2190. The molecule has 1 saturated heterocycles. The van der Waals surface area contributed by atoms with Gasteiger partial charge in [0.1, 0.15) is 30.2 Å². The van der Waals surface area contributed by atoms with E-state index in [2.05, 4.69) is 75.3 Å². The third kappa shape index (κ3) is 23.1. The van der Waals surface area contributed by atoms with Gasteiger partial charge in [-0.3, -0.25) is 48.1 Å². The molecule has 0 aromatic heterocycles. The lowest BCUT2D eigenvalue weighted by Gasteiger charge is -2.26. The van der Waals surface area contributed by atoms with E-state index in [4.69, 9.17) is 16.3 Å². The van der Waals surface area contributed by atoms with Gasteiger partial charge in [0.2, 0.25) is 41.4 Å². The van der Waals surface area contributed by atoms with Gasteiger partial charge in [0, 0.05) is 42.5 Å². The minimum atomic E-state index is -1.66. The number of hydrogen-bond donors (Lipinski definition) is 12. The maximum absolute atomic E-state index is 14.0. The molecule has 0 aliphatic carbocycles. The molecule has 1 fully saturated rings. The zero-order chi connectivity index (χ0) is 51.4. The van der Waals surface area contributed by atoms with E-state index in [0.29, 0.717) is 24.8 Å². The number of nitrogens with two attached hydrogens (primary N) is 2. The van der Waals surface area contributed by atoms with Crippen molar-refractivity contribution in [1.82, 2.24) is 42.5 Å². The molecule has 0 radical (unpaired) electrons. The average molecular weight is 1090 g/mol. The molecular weight excluding hydrogens is 1030 g/mol. The first-order valence-electron chi connectivity index (χ1n) is 22.2. The molecule has 1 heterocycles. The van der Waals surface area contributed by atoms with Crippen LogP contribution in [-0.4, -0.2) is 145 Å². The Labute approximate surface area is 416 Å². The van der Waals surface area contributed by atoms with Gasteiger partial charge in [-0.25, -0.2) is 4.79 Å². The topological polar surface area (TPSA) is 393 Å². The van der Waals surface area contributed by atoms with Crippen molar-refractivity contribution in [3.05, 3.63) is 69.3 Å². The first-order chi connectivity index (χ1) is 33.4. The molecule has 14 N–H and O–H groups in total. The number of benzene rings is 2. The van der Waals surface area contributed by atoms with Crippen LogP contribution in [0.3, 0.4) is 0 Å². The van der Waals surface area contributed by atoms with Crippen LogP contribution in [0.1, 0.15) is 68.9 Å². The lowest BCUT2D eigenvalue weighted by atomic mass is 10.0. The van der Waals surface area contributed by atoms with Gasteiger partial charge in [-0.05, 0) is 78.0 Å². The molecule has 3 rings (SSSR count). The molecule has 1 aliphatic rings. The van der Waals surface area contributed by atoms with Crippen molar-refractivity contribution in [3.63, 3.8) is 0 Å². The first-order valence-corrected chi connectivity index (χ1v) is 23.2. The van der Waals surface area contributed by atoms with E-state index in [-0.39, 0.29) is 57.6 Å². The Kier molecular flexibility index (Phi) is 25.1. The quantitative estimate of drug-likeness (QED) is 0.0163. The Hall–Kier alpha value is -7.39. The number of nitrogens with one attached hydrogen (secondary N) is 8. The number of guanidine groups is 1.